The standard InChI is InChI=1S/C21H19F2N5O5/c1-33-17-10-9-13(11-14(17)19(29)30)26(12-5-2-3-6-12)20(31)28-21(32)27(24-25-28)18-15(22)7-4-8-16(18)23/h4,7-12H,2-3,5-6H2,1H3,(H,29,30). The van der Waals surface area contributed by atoms with Crippen LogP contribution in [0.3, 0.4) is 0 Å². The van der Waals surface area contributed by atoms with Gasteiger partial charge in [-0.05, 0) is 53.6 Å². The topological polar surface area (TPSA) is 120 Å². The number of carbonyl (C=O) groups excluding carboxylic acids is 1. The van der Waals surface area contributed by atoms with E-state index in [1.54, 1.807) is 0 Å². The van der Waals surface area contributed by atoms with E-state index < -0.39 is 35.0 Å². The van der Waals surface area contributed by atoms with E-state index in [-0.39, 0.29) is 23.0 Å². The maximum Gasteiger partial charge on any atom is 0.377 e. The minimum atomic E-state index is -1.26. The van der Waals surface area contributed by atoms with Crippen molar-refractivity contribution >= 4 is 17.7 Å². The number of ether oxygens (including phenoxy) is 1. The predicted octanol–water partition coefficient (Wildman–Crippen LogP) is 2.83. The highest BCUT2D eigenvalue weighted by Crippen LogP contribution is 2.32. The van der Waals surface area contributed by atoms with Crippen LogP contribution in [0.25, 0.3) is 5.69 Å². The van der Waals surface area contributed by atoms with Crippen LogP contribution in [0, 0.1) is 11.6 Å². The first-order chi connectivity index (χ1) is 15.8. The summed E-state index contributed by atoms with van der Waals surface area (Å²) in [5, 5.41) is 16.5. The fraction of sp³-hybridized carbons (Fsp3) is 0.286. The van der Waals surface area contributed by atoms with Crippen LogP contribution in [0.1, 0.15) is 36.0 Å². The van der Waals surface area contributed by atoms with E-state index in [2.05, 4.69) is 10.4 Å². The van der Waals surface area contributed by atoms with Gasteiger partial charge in [-0.25, -0.2) is 23.2 Å². The zero-order valence-electron chi connectivity index (χ0n) is 17.4. The Morgan fingerprint density at radius 1 is 1.12 bits per heavy atom. The molecule has 1 aromatic heterocycles. The molecule has 1 aliphatic carbocycles. The predicted molar refractivity (Wildman–Crippen MR) is 111 cm³/mol. The highest BCUT2D eigenvalue weighted by molar-refractivity contribution is 5.97. The molecule has 1 aliphatic rings. The van der Waals surface area contributed by atoms with Gasteiger partial charge in [-0.15, -0.1) is 4.68 Å². The average Bonchev–Trinajstić information content (AvgIpc) is 3.44. The first-order valence-electron chi connectivity index (χ1n) is 10.1. The summed E-state index contributed by atoms with van der Waals surface area (Å²) in [5.74, 6) is -3.26. The molecule has 0 unspecified atom stereocenters. The fourth-order valence-corrected chi connectivity index (χ4v) is 3.95. The second-order valence-corrected chi connectivity index (χ2v) is 7.44. The third-order valence-electron chi connectivity index (χ3n) is 5.50. The van der Waals surface area contributed by atoms with Crippen LogP contribution in [-0.4, -0.2) is 50.0 Å². The number of hydrogen-bond donors (Lipinski definition) is 1. The van der Waals surface area contributed by atoms with Crippen molar-refractivity contribution < 1.29 is 28.2 Å². The molecular weight excluding hydrogens is 440 g/mol. The van der Waals surface area contributed by atoms with E-state index in [4.69, 9.17) is 4.74 Å². The summed E-state index contributed by atoms with van der Waals surface area (Å²) in [4.78, 5) is 39.2. The second-order valence-electron chi connectivity index (χ2n) is 7.44. The number of benzene rings is 2. The molecule has 0 saturated heterocycles. The SMILES string of the molecule is COc1ccc(N(C(=O)n2nnn(-c3c(F)cccc3F)c2=O)C2CCCC2)cc1C(=O)O. The van der Waals surface area contributed by atoms with E-state index in [0.29, 0.717) is 22.2 Å². The maximum atomic E-state index is 14.1. The zero-order valence-corrected chi connectivity index (χ0v) is 17.4. The normalized spacial score (nSPS) is 13.8. The molecule has 33 heavy (non-hydrogen) atoms. The smallest absolute Gasteiger partial charge is 0.377 e. The van der Waals surface area contributed by atoms with Gasteiger partial charge in [0.2, 0.25) is 0 Å². The van der Waals surface area contributed by atoms with Gasteiger partial charge in [0.25, 0.3) is 0 Å². The molecule has 3 aromatic rings. The molecule has 2 aromatic carbocycles. The number of aromatic carboxylic acids is 1. The summed E-state index contributed by atoms with van der Waals surface area (Å²) in [6, 6.07) is 5.92. The van der Waals surface area contributed by atoms with Crippen LogP contribution in [0.5, 0.6) is 5.75 Å². The Morgan fingerprint density at radius 3 is 2.39 bits per heavy atom. The van der Waals surface area contributed by atoms with Gasteiger partial charge in [-0.1, -0.05) is 18.9 Å². The molecule has 1 fully saturated rings. The molecule has 0 atom stereocenters. The molecule has 1 N–H and O–H groups in total. The number of carboxylic acid groups (broad SMARTS) is 1. The molecule has 4 rings (SSSR count). The largest absolute Gasteiger partial charge is 0.496 e. The lowest BCUT2D eigenvalue weighted by Gasteiger charge is -2.28. The van der Waals surface area contributed by atoms with Crippen molar-refractivity contribution in [3.8, 4) is 11.4 Å². The Kier molecular flexibility index (Phi) is 5.90. The minimum absolute atomic E-state index is 0.100. The molecule has 1 heterocycles. The number of anilines is 1. The summed E-state index contributed by atoms with van der Waals surface area (Å²) >= 11 is 0. The van der Waals surface area contributed by atoms with Gasteiger partial charge >= 0.3 is 17.7 Å². The number of nitrogens with zero attached hydrogens (tertiary/aromatic N) is 5. The molecule has 1 saturated carbocycles. The van der Waals surface area contributed by atoms with Crippen LogP contribution in [-0.2, 0) is 0 Å². The Hall–Kier alpha value is -4.09. The summed E-state index contributed by atoms with van der Waals surface area (Å²) in [7, 11) is 1.32. The number of amides is 1. The van der Waals surface area contributed by atoms with Gasteiger partial charge in [0, 0.05) is 11.7 Å². The Balaban J connectivity index is 1.80. The van der Waals surface area contributed by atoms with Gasteiger partial charge in [0.15, 0.2) is 11.6 Å². The molecule has 0 spiro atoms. The van der Waals surface area contributed by atoms with Crippen molar-refractivity contribution in [2.24, 2.45) is 0 Å². The average molecular weight is 459 g/mol. The van der Waals surface area contributed by atoms with Crippen molar-refractivity contribution in [3.63, 3.8) is 0 Å². The van der Waals surface area contributed by atoms with Gasteiger partial charge in [-0.3, -0.25) is 4.90 Å². The maximum absolute atomic E-state index is 14.1. The third kappa shape index (κ3) is 3.95. The van der Waals surface area contributed by atoms with E-state index in [1.807, 2.05) is 0 Å². The van der Waals surface area contributed by atoms with Gasteiger partial charge in [-0.2, -0.15) is 4.68 Å². The summed E-state index contributed by atoms with van der Waals surface area (Å²) in [6.45, 7) is 0. The van der Waals surface area contributed by atoms with Crippen LogP contribution in [0.2, 0.25) is 0 Å². The molecule has 12 heteroatoms. The lowest BCUT2D eigenvalue weighted by atomic mass is 10.1. The van der Waals surface area contributed by atoms with Crippen molar-refractivity contribution in [1.82, 2.24) is 19.8 Å². The highest BCUT2D eigenvalue weighted by atomic mass is 19.1. The van der Waals surface area contributed by atoms with Crippen LogP contribution in [0.15, 0.2) is 41.2 Å². The summed E-state index contributed by atoms with van der Waals surface area (Å²) in [6.07, 6.45) is 2.90. The molecule has 0 aliphatic heterocycles. The second kappa shape index (κ2) is 8.81. The van der Waals surface area contributed by atoms with E-state index >= 15 is 0 Å². The number of hydrogen-bond acceptors (Lipinski definition) is 6. The monoisotopic (exact) mass is 459 g/mol. The van der Waals surface area contributed by atoms with Crippen LogP contribution in [0.4, 0.5) is 19.3 Å². The van der Waals surface area contributed by atoms with Crippen LogP contribution >= 0.6 is 0 Å². The first kappa shape index (κ1) is 22.1. The quantitative estimate of drug-likeness (QED) is 0.583. The molecule has 172 valence electrons. The van der Waals surface area contributed by atoms with E-state index in [0.717, 1.165) is 31.0 Å². The number of halogens is 2. The van der Waals surface area contributed by atoms with Crippen LogP contribution < -0.4 is 15.3 Å². The third-order valence-corrected chi connectivity index (χ3v) is 5.50. The lowest BCUT2D eigenvalue weighted by molar-refractivity contribution is 0.0693. The fourth-order valence-electron chi connectivity index (χ4n) is 3.95. The van der Waals surface area contributed by atoms with Crippen molar-refractivity contribution in [2.45, 2.75) is 31.7 Å². The zero-order chi connectivity index (χ0) is 23.7. The molecule has 1 amide bonds. The van der Waals surface area contributed by atoms with Crippen molar-refractivity contribution in [2.75, 3.05) is 12.0 Å². The molecule has 0 bridgehead atoms. The number of carboxylic acids is 1. The molecular formula is C21H19F2N5O5. The van der Waals surface area contributed by atoms with E-state index in [1.165, 1.54) is 30.2 Å². The number of para-hydroxylation sites is 1. The highest BCUT2D eigenvalue weighted by Gasteiger charge is 2.33. The van der Waals surface area contributed by atoms with Gasteiger partial charge in [0.1, 0.15) is 17.0 Å². The summed E-state index contributed by atoms with van der Waals surface area (Å²) < 4.78 is 34.1. The Bertz CT molecular complexity index is 1260. The lowest BCUT2D eigenvalue weighted by Crippen LogP contribution is -2.46. The minimum Gasteiger partial charge on any atom is -0.496 e. The number of rotatable bonds is 5. The van der Waals surface area contributed by atoms with Crippen molar-refractivity contribution in [1.29, 1.82) is 0 Å². The van der Waals surface area contributed by atoms with Gasteiger partial charge in [0.05, 0.1) is 7.11 Å². The van der Waals surface area contributed by atoms with E-state index in [9.17, 15) is 28.3 Å². The van der Waals surface area contributed by atoms with Crippen molar-refractivity contribution in [3.05, 3.63) is 64.1 Å². The number of tetrazole rings is 1. The molecule has 10 nitrogen and oxygen atoms in total. The Morgan fingerprint density at radius 2 is 1.79 bits per heavy atom. The summed E-state index contributed by atoms with van der Waals surface area (Å²) in [5.41, 5.74) is -1.88. The van der Waals surface area contributed by atoms with Gasteiger partial charge < -0.3 is 9.84 Å². The molecule has 0 radical (unpaired) electrons. The first-order valence-corrected chi connectivity index (χ1v) is 10.1. The number of aromatic nitrogens is 4. The Labute approximate surface area is 185 Å². The number of carbonyl (C=O) groups is 2. The number of methoxy groups -OCH3 is 1.